The quantitative estimate of drug-likeness (QED) is 0.839. The van der Waals surface area contributed by atoms with E-state index >= 15 is 0 Å². The molecule has 0 aliphatic rings. The molecule has 0 bridgehead atoms. The fraction of sp³-hybridized carbons (Fsp3) is 0.462. The van der Waals surface area contributed by atoms with Crippen molar-refractivity contribution >= 4 is 33.2 Å². The summed E-state index contributed by atoms with van der Waals surface area (Å²) in [6, 6.07) is 6.91. The van der Waals surface area contributed by atoms with Crippen LogP contribution in [0.25, 0.3) is 0 Å². The lowest BCUT2D eigenvalue weighted by Gasteiger charge is -2.18. The summed E-state index contributed by atoms with van der Waals surface area (Å²) in [5.74, 6) is -0.261. The average Bonchev–Trinajstić information content (AvgIpc) is 2.36. The van der Waals surface area contributed by atoms with Crippen LogP contribution in [-0.4, -0.2) is 38.0 Å². The van der Waals surface area contributed by atoms with E-state index in [-0.39, 0.29) is 18.9 Å². The van der Waals surface area contributed by atoms with Gasteiger partial charge in [0, 0.05) is 19.5 Å². The fourth-order valence-electron chi connectivity index (χ4n) is 1.69. The largest absolute Gasteiger partial charge is 0.325 e. The lowest BCUT2D eigenvalue weighted by atomic mass is 10.3. The number of halogens is 1. The van der Waals surface area contributed by atoms with Crippen LogP contribution in [0.2, 0.25) is 5.02 Å². The Hall–Kier alpha value is -1.11. The normalized spacial score (nSPS) is 11.6. The second-order valence-electron chi connectivity index (χ2n) is 4.44. The minimum Gasteiger partial charge on any atom is -0.325 e. The van der Waals surface area contributed by atoms with Gasteiger partial charge in [-0.2, -0.15) is 0 Å². The number of hydrogen-bond donors (Lipinski definition) is 1. The fourth-order valence-corrected chi connectivity index (χ4v) is 2.81. The molecule has 0 atom stereocenters. The summed E-state index contributed by atoms with van der Waals surface area (Å²) in [4.78, 5) is 11.8. The minimum atomic E-state index is -3.28. The maximum atomic E-state index is 11.8. The van der Waals surface area contributed by atoms with Gasteiger partial charge in [0.25, 0.3) is 0 Å². The molecule has 1 aromatic rings. The summed E-state index contributed by atoms with van der Waals surface area (Å²) in [5, 5.41) is 3.12. The van der Waals surface area contributed by atoms with Gasteiger partial charge in [-0.05, 0) is 18.6 Å². The van der Waals surface area contributed by atoms with Gasteiger partial charge in [0.15, 0.2) is 0 Å². The molecule has 0 unspecified atom stereocenters. The van der Waals surface area contributed by atoms with E-state index in [4.69, 9.17) is 11.6 Å². The first-order valence-corrected chi connectivity index (χ1v) is 8.56. The first kappa shape index (κ1) is 16.9. The summed E-state index contributed by atoms with van der Waals surface area (Å²) >= 11 is 5.93. The highest BCUT2D eigenvalue weighted by molar-refractivity contribution is 7.88. The third kappa shape index (κ3) is 5.48. The summed E-state index contributed by atoms with van der Waals surface area (Å²) in [7, 11) is -3.28. The summed E-state index contributed by atoms with van der Waals surface area (Å²) in [5.41, 5.74) is 0.528. The third-order valence-electron chi connectivity index (χ3n) is 2.68. The van der Waals surface area contributed by atoms with Crippen LogP contribution in [0.4, 0.5) is 5.69 Å². The van der Waals surface area contributed by atoms with E-state index in [1.54, 1.807) is 24.3 Å². The van der Waals surface area contributed by atoms with E-state index < -0.39 is 10.0 Å². The van der Waals surface area contributed by atoms with Crippen molar-refractivity contribution in [2.24, 2.45) is 0 Å². The SMILES string of the molecule is CCCN(CCC(=O)Nc1ccccc1Cl)S(C)(=O)=O. The molecule has 0 fully saturated rings. The van der Waals surface area contributed by atoms with Gasteiger partial charge in [-0.1, -0.05) is 30.7 Å². The molecule has 0 spiro atoms. The molecular weight excluding hydrogens is 300 g/mol. The molecule has 1 amide bonds. The van der Waals surface area contributed by atoms with Crippen LogP contribution >= 0.6 is 11.6 Å². The van der Waals surface area contributed by atoms with Gasteiger partial charge in [0.2, 0.25) is 15.9 Å². The molecule has 112 valence electrons. The van der Waals surface area contributed by atoms with Gasteiger partial charge in [0.1, 0.15) is 0 Å². The second kappa shape index (κ2) is 7.61. The van der Waals surface area contributed by atoms with E-state index in [0.717, 1.165) is 6.26 Å². The Morgan fingerprint density at radius 2 is 1.95 bits per heavy atom. The second-order valence-corrected chi connectivity index (χ2v) is 6.83. The highest BCUT2D eigenvalue weighted by atomic mass is 35.5. The van der Waals surface area contributed by atoms with Crippen molar-refractivity contribution in [2.45, 2.75) is 19.8 Å². The molecule has 0 aliphatic carbocycles. The van der Waals surface area contributed by atoms with Crippen LogP contribution in [-0.2, 0) is 14.8 Å². The maximum Gasteiger partial charge on any atom is 0.225 e. The molecule has 5 nitrogen and oxygen atoms in total. The van der Waals surface area contributed by atoms with Gasteiger partial charge in [-0.25, -0.2) is 12.7 Å². The number of rotatable bonds is 7. The number of amides is 1. The Labute approximate surface area is 125 Å². The highest BCUT2D eigenvalue weighted by Crippen LogP contribution is 2.20. The predicted molar refractivity (Wildman–Crippen MR) is 81.4 cm³/mol. The van der Waals surface area contributed by atoms with Crippen molar-refractivity contribution in [3.8, 4) is 0 Å². The number of anilines is 1. The maximum absolute atomic E-state index is 11.8. The number of hydrogen-bond acceptors (Lipinski definition) is 3. The van der Waals surface area contributed by atoms with Crippen LogP contribution in [0.15, 0.2) is 24.3 Å². The molecule has 0 heterocycles. The van der Waals surface area contributed by atoms with Crippen LogP contribution in [0.5, 0.6) is 0 Å². The Kier molecular flexibility index (Phi) is 6.45. The zero-order valence-corrected chi connectivity index (χ0v) is 13.2. The zero-order valence-electron chi connectivity index (χ0n) is 11.6. The molecule has 7 heteroatoms. The molecule has 1 aromatic carbocycles. The summed E-state index contributed by atoms with van der Waals surface area (Å²) < 4.78 is 24.3. The van der Waals surface area contributed by atoms with E-state index in [1.165, 1.54) is 4.31 Å². The van der Waals surface area contributed by atoms with Gasteiger partial charge >= 0.3 is 0 Å². The number of para-hydroxylation sites is 1. The molecule has 0 saturated heterocycles. The molecule has 0 aromatic heterocycles. The molecule has 20 heavy (non-hydrogen) atoms. The van der Waals surface area contributed by atoms with E-state index in [2.05, 4.69) is 5.32 Å². The number of nitrogens with zero attached hydrogens (tertiary/aromatic N) is 1. The van der Waals surface area contributed by atoms with E-state index in [0.29, 0.717) is 23.7 Å². The smallest absolute Gasteiger partial charge is 0.225 e. The Bertz CT molecular complexity index is 560. The minimum absolute atomic E-state index is 0.0955. The molecular formula is C13H19ClN2O3S. The molecule has 1 N–H and O–H groups in total. The zero-order chi connectivity index (χ0) is 15.2. The van der Waals surface area contributed by atoms with Crippen molar-refractivity contribution in [1.29, 1.82) is 0 Å². The topological polar surface area (TPSA) is 66.5 Å². The first-order chi connectivity index (χ1) is 9.34. The Morgan fingerprint density at radius 3 is 2.50 bits per heavy atom. The monoisotopic (exact) mass is 318 g/mol. The van der Waals surface area contributed by atoms with Gasteiger partial charge in [-0.3, -0.25) is 4.79 Å². The molecule has 0 saturated carbocycles. The molecule has 0 radical (unpaired) electrons. The number of nitrogens with one attached hydrogen (secondary N) is 1. The van der Waals surface area contributed by atoms with Crippen LogP contribution < -0.4 is 5.32 Å². The van der Waals surface area contributed by atoms with E-state index in [1.807, 2.05) is 6.92 Å². The van der Waals surface area contributed by atoms with Gasteiger partial charge in [-0.15, -0.1) is 0 Å². The number of benzene rings is 1. The predicted octanol–water partition coefficient (Wildman–Crippen LogP) is 2.34. The van der Waals surface area contributed by atoms with Gasteiger partial charge < -0.3 is 5.32 Å². The lowest BCUT2D eigenvalue weighted by molar-refractivity contribution is -0.116. The summed E-state index contributed by atoms with van der Waals surface area (Å²) in [6.07, 6.45) is 1.95. The molecule has 1 rings (SSSR count). The third-order valence-corrected chi connectivity index (χ3v) is 4.31. The molecule has 0 aliphatic heterocycles. The Morgan fingerprint density at radius 1 is 1.30 bits per heavy atom. The lowest BCUT2D eigenvalue weighted by Crippen LogP contribution is -2.33. The van der Waals surface area contributed by atoms with Crippen molar-refractivity contribution in [3.63, 3.8) is 0 Å². The Balaban J connectivity index is 2.57. The average molecular weight is 319 g/mol. The van der Waals surface area contributed by atoms with Crippen molar-refractivity contribution in [1.82, 2.24) is 4.31 Å². The van der Waals surface area contributed by atoms with Crippen molar-refractivity contribution in [2.75, 3.05) is 24.7 Å². The summed E-state index contributed by atoms with van der Waals surface area (Å²) in [6.45, 7) is 2.48. The number of carbonyl (C=O) groups excluding carboxylic acids is 1. The van der Waals surface area contributed by atoms with Crippen LogP contribution in [0.3, 0.4) is 0 Å². The first-order valence-electron chi connectivity index (χ1n) is 6.34. The van der Waals surface area contributed by atoms with Crippen LogP contribution in [0.1, 0.15) is 19.8 Å². The number of sulfonamides is 1. The number of carbonyl (C=O) groups is 1. The van der Waals surface area contributed by atoms with E-state index in [9.17, 15) is 13.2 Å². The van der Waals surface area contributed by atoms with Crippen molar-refractivity contribution in [3.05, 3.63) is 29.3 Å². The van der Waals surface area contributed by atoms with Crippen molar-refractivity contribution < 1.29 is 13.2 Å². The van der Waals surface area contributed by atoms with Crippen LogP contribution in [0, 0.1) is 0 Å². The highest BCUT2D eigenvalue weighted by Gasteiger charge is 2.16. The van der Waals surface area contributed by atoms with Gasteiger partial charge in [0.05, 0.1) is 17.0 Å². The standard InChI is InChI=1S/C13H19ClN2O3S/c1-3-9-16(20(2,18)19)10-8-13(17)15-12-7-5-4-6-11(12)14/h4-7H,3,8-10H2,1-2H3,(H,15,17).